The summed E-state index contributed by atoms with van der Waals surface area (Å²) < 4.78 is 0. The van der Waals surface area contributed by atoms with Crippen molar-refractivity contribution in [3.05, 3.63) is 0 Å². The van der Waals surface area contributed by atoms with Gasteiger partial charge in [0.1, 0.15) is 5.54 Å². The molecule has 0 aromatic carbocycles. The molecule has 0 spiro atoms. The van der Waals surface area contributed by atoms with E-state index in [4.69, 9.17) is 0 Å². The summed E-state index contributed by atoms with van der Waals surface area (Å²) in [4.78, 5) is 2.67. The molecule has 1 aliphatic heterocycles. The summed E-state index contributed by atoms with van der Waals surface area (Å²) in [6, 6.07) is 3.61. The predicted octanol–water partition coefficient (Wildman–Crippen LogP) is 3.07. The largest absolute Gasteiger partial charge is 0.300 e. The van der Waals surface area contributed by atoms with E-state index >= 15 is 0 Å². The van der Waals surface area contributed by atoms with Gasteiger partial charge in [-0.1, -0.05) is 12.8 Å². The first-order chi connectivity index (χ1) is 9.15. The molecule has 1 saturated heterocycles. The van der Waals surface area contributed by atoms with Crippen molar-refractivity contribution in [2.45, 2.75) is 82.8 Å². The number of likely N-dealkylation sites (tertiary alicyclic amines) is 1. The molecular weight excluding hydrogens is 234 g/mol. The molecule has 1 N–H and O–H groups in total. The average Bonchev–Trinajstić information content (AvgIpc) is 2.67. The third-order valence-electron chi connectivity index (χ3n) is 4.66. The fourth-order valence-corrected chi connectivity index (χ4v) is 3.84. The molecule has 2 atom stereocenters. The molecule has 108 valence electrons. The molecule has 2 rings (SSSR count). The smallest absolute Gasteiger partial charge is 0.108 e. The minimum atomic E-state index is -0.274. The van der Waals surface area contributed by atoms with Gasteiger partial charge in [-0.25, -0.2) is 0 Å². The van der Waals surface area contributed by atoms with E-state index in [2.05, 4.69) is 30.1 Å². The van der Waals surface area contributed by atoms with Gasteiger partial charge in [-0.3, -0.25) is 5.32 Å². The predicted molar refractivity (Wildman–Crippen MR) is 78.9 cm³/mol. The summed E-state index contributed by atoms with van der Waals surface area (Å²) in [5, 5.41) is 13.2. The lowest BCUT2D eigenvalue weighted by Gasteiger charge is -2.42. The summed E-state index contributed by atoms with van der Waals surface area (Å²) in [6.07, 6.45) is 9.96. The molecular formula is C16H29N3. The molecule has 1 saturated carbocycles. The van der Waals surface area contributed by atoms with E-state index in [1.54, 1.807) is 0 Å². The van der Waals surface area contributed by atoms with Crippen LogP contribution in [0.15, 0.2) is 0 Å². The number of nitrogens with zero attached hydrogens (tertiary/aromatic N) is 2. The van der Waals surface area contributed by atoms with Crippen LogP contribution in [-0.2, 0) is 0 Å². The van der Waals surface area contributed by atoms with Gasteiger partial charge in [0.2, 0.25) is 0 Å². The van der Waals surface area contributed by atoms with Crippen LogP contribution in [0.2, 0.25) is 0 Å². The summed E-state index contributed by atoms with van der Waals surface area (Å²) >= 11 is 0. The van der Waals surface area contributed by atoms with Gasteiger partial charge in [-0.2, -0.15) is 5.26 Å². The molecule has 0 aromatic heterocycles. The minimum absolute atomic E-state index is 0.274. The first-order valence-corrected chi connectivity index (χ1v) is 8.08. The monoisotopic (exact) mass is 263 g/mol. The Labute approximate surface area is 118 Å². The highest BCUT2D eigenvalue weighted by atomic mass is 15.2. The first kappa shape index (κ1) is 14.8. The normalized spacial score (nSPS) is 33.9. The van der Waals surface area contributed by atoms with E-state index < -0.39 is 0 Å². The number of hydrogen-bond donors (Lipinski definition) is 1. The molecule has 1 heterocycles. The summed E-state index contributed by atoms with van der Waals surface area (Å²) in [6.45, 7) is 6.78. The third-order valence-corrected chi connectivity index (χ3v) is 4.66. The van der Waals surface area contributed by atoms with E-state index in [9.17, 15) is 5.26 Å². The van der Waals surface area contributed by atoms with Gasteiger partial charge in [-0.05, 0) is 65.5 Å². The number of nitriles is 1. The lowest BCUT2D eigenvalue weighted by molar-refractivity contribution is 0.119. The van der Waals surface area contributed by atoms with Crippen LogP contribution < -0.4 is 5.32 Å². The third kappa shape index (κ3) is 3.94. The van der Waals surface area contributed by atoms with Crippen LogP contribution in [-0.4, -0.2) is 35.6 Å². The molecule has 0 amide bonds. The Morgan fingerprint density at radius 1 is 1.16 bits per heavy atom. The SMILES string of the molecule is CC(C)NC1(C#N)CCCC(N2CCCCCC2)C1. The van der Waals surface area contributed by atoms with Crippen LogP contribution in [0.25, 0.3) is 0 Å². The van der Waals surface area contributed by atoms with Crippen LogP contribution in [0, 0.1) is 11.3 Å². The summed E-state index contributed by atoms with van der Waals surface area (Å²) in [5.74, 6) is 0. The van der Waals surface area contributed by atoms with Crippen molar-refractivity contribution in [3.63, 3.8) is 0 Å². The zero-order valence-electron chi connectivity index (χ0n) is 12.6. The molecule has 1 aliphatic carbocycles. The molecule has 0 bridgehead atoms. The van der Waals surface area contributed by atoms with Crippen LogP contribution >= 0.6 is 0 Å². The topological polar surface area (TPSA) is 39.1 Å². The molecule has 2 unspecified atom stereocenters. The first-order valence-electron chi connectivity index (χ1n) is 8.08. The van der Waals surface area contributed by atoms with Crippen LogP contribution in [0.3, 0.4) is 0 Å². The molecule has 3 heteroatoms. The maximum atomic E-state index is 9.63. The number of rotatable bonds is 3. The Hall–Kier alpha value is -0.590. The molecule has 2 aliphatic rings. The molecule has 3 nitrogen and oxygen atoms in total. The van der Waals surface area contributed by atoms with Gasteiger partial charge in [0.15, 0.2) is 0 Å². The van der Waals surface area contributed by atoms with Crippen LogP contribution in [0.5, 0.6) is 0 Å². The van der Waals surface area contributed by atoms with Gasteiger partial charge < -0.3 is 4.90 Å². The Balaban J connectivity index is 2.00. The highest BCUT2D eigenvalue weighted by Gasteiger charge is 2.38. The Morgan fingerprint density at radius 2 is 1.84 bits per heavy atom. The van der Waals surface area contributed by atoms with Crippen LogP contribution in [0.4, 0.5) is 0 Å². The van der Waals surface area contributed by atoms with Crippen molar-refractivity contribution in [3.8, 4) is 6.07 Å². The Kier molecular flexibility index (Phi) is 5.24. The van der Waals surface area contributed by atoms with Crippen molar-refractivity contribution in [1.82, 2.24) is 10.2 Å². The zero-order valence-corrected chi connectivity index (χ0v) is 12.6. The maximum Gasteiger partial charge on any atom is 0.108 e. The highest BCUT2D eigenvalue weighted by molar-refractivity contribution is 5.11. The molecule has 0 radical (unpaired) electrons. The van der Waals surface area contributed by atoms with Gasteiger partial charge in [0, 0.05) is 12.1 Å². The summed E-state index contributed by atoms with van der Waals surface area (Å²) in [7, 11) is 0. The van der Waals surface area contributed by atoms with Gasteiger partial charge in [0.05, 0.1) is 6.07 Å². The lowest BCUT2D eigenvalue weighted by Crippen LogP contribution is -2.54. The fourth-order valence-electron chi connectivity index (χ4n) is 3.84. The standard InChI is InChI=1S/C16H29N3/c1-14(2)18-16(13-17)9-7-8-15(12-16)19-10-5-3-4-6-11-19/h14-15,18H,3-12H2,1-2H3. The van der Waals surface area contributed by atoms with Crippen molar-refractivity contribution >= 4 is 0 Å². The van der Waals surface area contributed by atoms with E-state index in [0.717, 1.165) is 12.8 Å². The van der Waals surface area contributed by atoms with Gasteiger partial charge in [-0.15, -0.1) is 0 Å². The fraction of sp³-hybridized carbons (Fsp3) is 0.938. The number of nitrogens with one attached hydrogen (secondary N) is 1. The van der Waals surface area contributed by atoms with Gasteiger partial charge in [0.25, 0.3) is 0 Å². The van der Waals surface area contributed by atoms with Crippen molar-refractivity contribution in [2.75, 3.05) is 13.1 Å². The van der Waals surface area contributed by atoms with E-state index in [0.29, 0.717) is 12.1 Å². The van der Waals surface area contributed by atoms with Gasteiger partial charge >= 0.3 is 0 Å². The highest BCUT2D eigenvalue weighted by Crippen LogP contribution is 2.32. The Morgan fingerprint density at radius 3 is 2.42 bits per heavy atom. The number of hydrogen-bond acceptors (Lipinski definition) is 3. The van der Waals surface area contributed by atoms with E-state index in [-0.39, 0.29) is 5.54 Å². The molecule has 0 aromatic rings. The second kappa shape index (κ2) is 6.72. The molecule has 2 fully saturated rings. The lowest BCUT2D eigenvalue weighted by atomic mass is 9.79. The molecule has 19 heavy (non-hydrogen) atoms. The van der Waals surface area contributed by atoms with E-state index in [1.165, 1.54) is 51.6 Å². The maximum absolute atomic E-state index is 9.63. The van der Waals surface area contributed by atoms with Crippen molar-refractivity contribution < 1.29 is 0 Å². The van der Waals surface area contributed by atoms with Crippen molar-refractivity contribution in [1.29, 1.82) is 5.26 Å². The van der Waals surface area contributed by atoms with E-state index in [1.807, 2.05) is 0 Å². The second-order valence-electron chi connectivity index (χ2n) is 6.69. The second-order valence-corrected chi connectivity index (χ2v) is 6.69. The minimum Gasteiger partial charge on any atom is -0.300 e. The average molecular weight is 263 g/mol. The van der Waals surface area contributed by atoms with Crippen LogP contribution in [0.1, 0.15) is 65.2 Å². The van der Waals surface area contributed by atoms with Crippen molar-refractivity contribution in [2.24, 2.45) is 0 Å². The zero-order chi connectivity index (χ0) is 13.7. The Bertz CT molecular complexity index is 312. The summed E-state index contributed by atoms with van der Waals surface area (Å²) in [5.41, 5.74) is -0.274. The quantitative estimate of drug-likeness (QED) is 0.850.